The molecule has 0 bridgehead atoms. The van der Waals surface area contributed by atoms with E-state index in [-0.39, 0.29) is 6.42 Å². The smallest absolute Gasteiger partial charge is 0.312 e. The number of aromatic nitrogens is 1. The number of esters is 1. The fourth-order valence-corrected chi connectivity index (χ4v) is 3.12. The second-order valence-electron chi connectivity index (χ2n) is 6.27. The van der Waals surface area contributed by atoms with Gasteiger partial charge in [-0.05, 0) is 25.0 Å². The number of benzene rings is 1. The molecule has 1 aliphatic carbocycles. The summed E-state index contributed by atoms with van der Waals surface area (Å²) in [5.41, 5.74) is 0.238. The summed E-state index contributed by atoms with van der Waals surface area (Å²) in [6, 6.07) is 9.41. The van der Waals surface area contributed by atoms with E-state index in [4.69, 9.17) is 9.26 Å². The van der Waals surface area contributed by atoms with E-state index >= 15 is 0 Å². The van der Waals surface area contributed by atoms with Gasteiger partial charge in [-0.2, -0.15) is 5.26 Å². The first kappa shape index (κ1) is 17.0. The van der Waals surface area contributed by atoms with Crippen LogP contribution in [0.1, 0.15) is 37.8 Å². The number of nitriles is 1. The van der Waals surface area contributed by atoms with Crippen molar-refractivity contribution in [3.8, 4) is 6.07 Å². The van der Waals surface area contributed by atoms with Crippen molar-refractivity contribution < 1.29 is 18.8 Å². The van der Waals surface area contributed by atoms with Crippen LogP contribution in [0, 0.1) is 11.3 Å². The van der Waals surface area contributed by atoms with Crippen LogP contribution in [0.5, 0.6) is 0 Å². The van der Waals surface area contributed by atoms with Crippen LogP contribution in [0.25, 0.3) is 11.0 Å². The summed E-state index contributed by atoms with van der Waals surface area (Å²) in [4.78, 5) is 24.0. The highest BCUT2D eigenvalue weighted by atomic mass is 16.5. The molecule has 7 nitrogen and oxygen atoms in total. The average molecular weight is 341 g/mol. The molecule has 3 rings (SSSR count). The summed E-state index contributed by atoms with van der Waals surface area (Å²) < 4.78 is 10.1. The number of nitrogens with zero attached hydrogens (tertiary/aromatic N) is 2. The zero-order chi connectivity index (χ0) is 17.7. The van der Waals surface area contributed by atoms with Crippen LogP contribution in [0.2, 0.25) is 0 Å². The van der Waals surface area contributed by atoms with Gasteiger partial charge in [0.15, 0.2) is 12.2 Å². The molecule has 1 fully saturated rings. The van der Waals surface area contributed by atoms with Crippen molar-refractivity contribution in [1.82, 2.24) is 10.5 Å². The van der Waals surface area contributed by atoms with Crippen LogP contribution in [-0.4, -0.2) is 29.2 Å². The lowest BCUT2D eigenvalue weighted by molar-refractivity contribution is -0.148. The summed E-state index contributed by atoms with van der Waals surface area (Å²) in [6.07, 6.45) is 4.08. The van der Waals surface area contributed by atoms with Crippen LogP contribution in [0.3, 0.4) is 0 Å². The molecular weight excluding hydrogens is 322 g/mol. The summed E-state index contributed by atoms with van der Waals surface area (Å²) in [5, 5.41) is 16.7. The predicted octanol–water partition coefficient (Wildman–Crippen LogP) is 2.26. The molecule has 0 atom stereocenters. The highest BCUT2D eigenvalue weighted by Crippen LogP contribution is 2.27. The highest BCUT2D eigenvalue weighted by molar-refractivity contribution is 5.85. The third kappa shape index (κ3) is 3.97. The normalized spacial score (nSPS) is 16.1. The molecule has 0 unspecified atom stereocenters. The fraction of sp³-hybridized carbons (Fsp3) is 0.444. The molecule has 1 N–H and O–H groups in total. The molecular formula is C18H19N3O4. The maximum absolute atomic E-state index is 12.0. The Bertz CT molecular complexity index is 815. The largest absolute Gasteiger partial charge is 0.455 e. The molecule has 1 aromatic carbocycles. The lowest BCUT2D eigenvalue weighted by Crippen LogP contribution is -2.50. The highest BCUT2D eigenvalue weighted by Gasteiger charge is 2.33. The lowest BCUT2D eigenvalue weighted by atomic mass is 9.83. The number of carbonyl (C=O) groups excluding carboxylic acids is 2. The summed E-state index contributed by atoms with van der Waals surface area (Å²) in [7, 11) is 0. The quantitative estimate of drug-likeness (QED) is 0.836. The van der Waals surface area contributed by atoms with E-state index in [0.29, 0.717) is 24.1 Å². The van der Waals surface area contributed by atoms with Crippen molar-refractivity contribution in [3.05, 3.63) is 30.0 Å². The van der Waals surface area contributed by atoms with Crippen LogP contribution >= 0.6 is 0 Å². The number of fused-ring (bicyclic) bond motifs is 1. The minimum Gasteiger partial charge on any atom is -0.455 e. The van der Waals surface area contributed by atoms with E-state index < -0.39 is 24.0 Å². The molecule has 0 spiro atoms. The average Bonchev–Trinajstić information content (AvgIpc) is 3.04. The van der Waals surface area contributed by atoms with E-state index in [2.05, 4.69) is 16.5 Å². The van der Waals surface area contributed by atoms with Gasteiger partial charge >= 0.3 is 5.97 Å². The van der Waals surface area contributed by atoms with Gasteiger partial charge in [-0.15, -0.1) is 0 Å². The van der Waals surface area contributed by atoms with Crippen molar-refractivity contribution >= 4 is 22.8 Å². The summed E-state index contributed by atoms with van der Waals surface area (Å²) in [5.74, 6) is -1.02. The van der Waals surface area contributed by atoms with Crippen LogP contribution in [-0.2, 0) is 20.7 Å². The van der Waals surface area contributed by atoms with Gasteiger partial charge in [0.05, 0.1) is 12.5 Å². The number of ether oxygens (including phenoxy) is 1. The van der Waals surface area contributed by atoms with Gasteiger partial charge in [0.25, 0.3) is 5.91 Å². The Balaban J connectivity index is 1.52. The molecule has 1 aliphatic rings. The summed E-state index contributed by atoms with van der Waals surface area (Å²) >= 11 is 0. The van der Waals surface area contributed by atoms with Gasteiger partial charge in [0, 0.05) is 5.39 Å². The Kier molecular flexibility index (Phi) is 4.98. The Morgan fingerprint density at radius 3 is 2.80 bits per heavy atom. The molecule has 25 heavy (non-hydrogen) atoms. The minimum absolute atomic E-state index is 0.0757. The van der Waals surface area contributed by atoms with Crippen molar-refractivity contribution in [2.75, 3.05) is 6.61 Å². The van der Waals surface area contributed by atoms with Crippen molar-refractivity contribution in [1.29, 1.82) is 5.26 Å². The van der Waals surface area contributed by atoms with Crippen molar-refractivity contribution in [2.45, 2.75) is 44.1 Å². The van der Waals surface area contributed by atoms with E-state index in [9.17, 15) is 14.9 Å². The lowest BCUT2D eigenvalue weighted by Gasteiger charge is -2.31. The minimum atomic E-state index is -0.829. The zero-order valence-electron chi connectivity index (χ0n) is 13.8. The van der Waals surface area contributed by atoms with Crippen molar-refractivity contribution in [2.24, 2.45) is 0 Å². The number of nitrogens with one attached hydrogen (secondary N) is 1. The van der Waals surface area contributed by atoms with E-state index in [1.165, 1.54) is 0 Å². The predicted molar refractivity (Wildman–Crippen MR) is 88.2 cm³/mol. The Morgan fingerprint density at radius 1 is 1.28 bits per heavy atom. The van der Waals surface area contributed by atoms with Gasteiger partial charge in [-0.3, -0.25) is 9.59 Å². The van der Waals surface area contributed by atoms with Crippen LogP contribution < -0.4 is 5.32 Å². The first-order chi connectivity index (χ1) is 12.1. The molecule has 1 saturated carbocycles. The fourth-order valence-electron chi connectivity index (χ4n) is 3.12. The van der Waals surface area contributed by atoms with Gasteiger partial charge in [-0.25, -0.2) is 0 Å². The Hall–Kier alpha value is -2.88. The second-order valence-corrected chi connectivity index (χ2v) is 6.27. The van der Waals surface area contributed by atoms with Crippen LogP contribution in [0.15, 0.2) is 28.8 Å². The SMILES string of the molecule is N#CC1(NC(=O)COC(=O)Cc2noc3ccccc23)CCCCC1. The van der Waals surface area contributed by atoms with Gasteiger partial charge < -0.3 is 14.6 Å². The zero-order valence-corrected chi connectivity index (χ0v) is 13.8. The topological polar surface area (TPSA) is 105 Å². The van der Waals surface area contributed by atoms with E-state index in [1.807, 2.05) is 12.1 Å². The number of hydrogen-bond acceptors (Lipinski definition) is 6. The molecule has 130 valence electrons. The number of hydrogen-bond donors (Lipinski definition) is 1. The maximum Gasteiger partial charge on any atom is 0.312 e. The molecule has 2 aromatic rings. The third-order valence-corrected chi connectivity index (χ3v) is 4.43. The molecule has 0 aliphatic heterocycles. The number of amides is 1. The van der Waals surface area contributed by atoms with E-state index in [1.54, 1.807) is 12.1 Å². The Labute approximate surface area is 144 Å². The second kappa shape index (κ2) is 7.34. The Morgan fingerprint density at radius 2 is 2.04 bits per heavy atom. The number of rotatable bonds is 5. The standard InChI is InChI=1S/C18H19N3O4/c19-12-18(8-4-1-5-9-18)20-16(22)11-24-17(23)10-14-13-6-2-3-7-15(13)25-21-14/h2-3,6-7H,1,4-5,8-11H2,(H,20,22). The monoisotopic (exact) mass is 341 g/mol. The molecule has 0 radical (unpaired) electrons. The van der Waals surface area contributed by atoms with Crippen molar-refractivity contribution in [3.63, 3.8) is 0 Å². The van der Waals surface area contributed by atoms with Gasteiger partial charge in [0.2, 0.25) is 0 Å². The summed E-state index contributed by atoms with van der Waals surface area (Å²) in [6.45, 7) is -0.405. The first-order valence-electron chi connectivity index (χ1n) is 8.33. The van der Waals surface area contributed by atoms with Gasteiger partial charge in [0.1, 0.15) is 11.2 Å². The molecule has 0 saturated heterocycles. The first-order valence-corrected chi connectivity index (χ1v) is 8.33. The van der Waals surface area contributed by atoms with E-state index in [0.717, 1.165) is 24.6 Å². The molecule has 7 heteroatoms. The van der Waals surface area contributed by atoms with Gasteiger partial charge in [-0.1, -0.05) is 36.6 Å². The third-order valence-electron chi connectivity index (χ3n) is 4.43. The maximum atomic E-state index is 12.0. The van der Waals surface area contributed by atoms with Crippen LogP contribution in [0.4, 0.5) is 0 Å². The molecule has 1 aromatic heterocycles. The number of carbonyl (C=O) groups is 2. The molecule has 1 amide bonds. The number of para-hydroxylation sites is 1. The molecule has 1 heterocycles.